The summed E-state index contributed by atoms with van der Waals surface area (Å²) in [5.41, 5.74) is 7.22. The highest BCUT2D eigenvalue weighted by molar-refractivity contribution is 7.80. The van der Waals surface area contributed by atoms with Crippen molar-refractivity contribution < 1.29 is 9.53 Å². The summed E-state index contributed by atoms with van der Waals surface area (Å²) in [4.78, 5) is 12.3. The summed E-state index contributed by atoms with van der Waals surface area (Å²) in [7, 11) is 0. The maximum atomic E-state index is 12.3. The second-order valence-corrected chi connectivity index (χ2v) is 5.95. The van der Waals surface area contributed by atoms with Gasteiger partial charge in [-0.05, 0) is 55.5 Å². The predicted octanol–water partition coefficient (Wildman–Crippen LogP) is 4.52. The molecule has 0 radical (unpaired) electrons. The number of hydrogen-bond acceptors (Lipinski definition) is 4. The number of carbonyl (C=O) groups excluding carboxylic acids is 1. The first-order valence-corrected chi connectivity index (χ1v) is 8.17. The number of amides is 1. The highest BCUT2D eigenvalue weighted by Crippen LogP contribution is 2.34. The summed E-state index contributed by atoms with van der Waals surface area (Å²) < 4.78 is 5.33. The van der Waals surface area contributed by atoms with Crippen LogP contribution in [0.25, 0.3) is 0 Å². The minimum atomic E-state index is -0.435. The van der Waals surface area contributed by atoms with Gasteiger partial charge >= 0.3 is 0 Å². The van der Waals surface area contributed by atoms with Gasteiger partial charge in [0.15, 0.2) is 10.9 Å². The van der Waals surface area contributed by atoms with Crippen molar-refractivity contribution in [3.63, 3.8) is 0 Å². The number of halogens is 3. The molecule has 2 aromatic rings. The molecule has 0 atom stereocenters. The quantitative estimate of drug-likeness (QED) is 0.501. The van der Waals surface area contributed by atoms with Gasteiger partial charge in [0.25, 0.3) is 5.91 Å². The number of rotatable bonds is 4. The van der Waals surface area contributed by atoms with Crippen LogP contribution in [0.5, 0.6) is 5.75 Å². The molecule has 2 aromatic carbocycles. The first-order valence-electron chi connectivity index (χ1n) is 7.00. The fourth-order valence-electron chi connectivity index (χ4n) is 1.88. The van der Waals surface area contributed by atoms with Crippen LogP contribution in [0.2, 0.25) is 10.0 Å². The van der Waals surface area contributed by atoms with E-state index in [2.05, 4.69) is 10.6 Å². The van der Waals surface area contributed by atoms with Crippen molar-refractivity contribution in [2.24, 2.45) is 0 Å². The number of ether oxygens (including phenoxy) is 1. The van der Waals surface area contributed by atoms with Crippen LogP contribution in [0.4, 0.5) is 11.4 Å². The molecule has 25 heavy (non-hydrogen) atoms. The van der Waals surface area contributed by atoms with E-state index in [9.17, 15) is 4.79 Å². The monoisotopic (exact) mass is 419 g/mol. The maximum absolute atomic E-state index is 12.3. The summed E-state index contributed by atoms with van der Waals surface area (Å²) in [5.74, 6) is -0.0882. The van der Waals surface area contributed by atoms with Crippen molar-refractivity contribution in [3.05, 3.63) is 52.0 Å². The minimum absolute atomic E-state index is 0. The van der Waals surface area contributed by atoms with Gasteiger partial charge in [0.1, 0.15) is 0 Å². The van der Waals surface area contributed by atoms with Crippen LogP contribution in [0, 0.1) is 0 Å². The van der Waals surface area contributed by atoms with E-state index in [4.69, 9.17) is 45.9 Å². The molecule has 0 unspecified atom stereocenters. The number of nitrogens with one attached hydrogen (secondary N) is 2. The molecule has 0 fully saturated rings. The van der Waals surface area contributed by atoms with Crippen LogP contribution in [-0.4, -0.2) is 17.6 Å². The zero-order chi connectivity index (χ0) is 17.7. The van der Waals surface area contributed by atoms with Gasteiger partial charge in [0, 0.05) is 16.9 Å². The fraction of sp³-hybridized carbons (Fsp3) is 0.125. The lowest BCUT2D eigenvalue weighted by atomic mass is 10.2. The van der Waals surface area contributed by atoms with Crippen molar-refractivity contribution in [2.45, 2.75) is 6.92 Å². The molecule has 0 aliphatic heterocycles. The van der Waals surface area contributed by atoms with Crippen molar-refractivity contribution in [1.82, 2.24) is 5.32 Å². The summed E-state index contributed by atoms with van der Waals surface area (Å²) >= 11 is 17.3. The summed E-state index contributed by atoms with van der Waals surface area (Å²) in [6.07, 6.45) is 0. The Balaban J connectivity index is 0.00000312. The van der Waals surface area contributed by atoms with E-state index in [1.807, 2.05) is 6.92 Å². The Kier molecular flexibility index (Phi) is 8.25. The molecule has 0 aromatic heterocycles. The van der Waals surface area contributed by atoms with E-state index in [1.54, 1.807) is 24.3 Å². The van der Waals surface area contributed by atoms with E-state index in [1.165, 1.54) is 12.1 Å². The zero-order valence-corrected chi connectivity index (χ0v) is 16.3. The third kappa shape index (κ3) is 5.93. The summed E-state index contributed by atoms with van der Waals surface area (Å²) in [6.45, 7) is 2.23. The molecule has 9 heteroatoms. The lowest BCUT2D eigenvalue weighted by molar-refractivity contribution is 0.0977. The van der Waals surface area contributed by atoms with Gasteiger partial charge in [-0.3, -0.25) is 10.1 Å². The Bertz CT molecular complexity index is 747. The Morgan fingerprint density at radius 1 is 1.20 bits per heavy atom. The zero-order valence-electron chi connectivity index (χ0n) is 13.1. The van der Waals surface area contributed by atoms with Crippen molar-refractivity contribution in [2.75, 3.05) is 17.7 Å². The van der Waals surface area contributed by atoms with Gasteiger partial charge in [-0.1, -0.05) is 23.2 Å². The number of nitrogen functional groups attached to an aromatic ring is 1. The van der Waals surface area contributed by atoms with Gasteiger partial charge in [0.05, 0.1) is 16.7 Å². The van der Waals surface area contributed by atoms with Crippen LogP contribution in [0.1, 0.15) is 17.3 Å². The number of nitrogens with two attached hydrogens (primary N) is 1. The number of carbonyl (C=O) groups is 1. The SMILES string of the molecule is CCOc1c(Cl)cc(C(=O)NC(=S)Nc2ccc(N)cc2)cc1Cl.Cl. The molecule has 0 aliphatic carbocycles. The molecule has 0 heterocycles. The molecule has 0 saturated carbocycles. The molecular weight excluding hydrogens is 405 g/mol. The van der Waals surface area contributed by atoms with E-state index < -0.39 is 5.91 Å². The normalized spacial score (nSPS) is 9.72. The Morgan fingerprint density at radius 2 is 1.76 bits per heavy atom. The molecule has 0 aliphatic rings. The highest BCUT2D eigenvalue weighted by atomic mass is 35.5. The summed E-state index contributed by atoms with van der Waals surface area (Å²) in [6, 6.07) is 9.88. The van der Waals surface area contributed by atoms with Gasteiger partial charge in [0.2, 0.25) is 0 Å². The minimum Gasteiger partial charge on any atom is -0.491 e. The predicted molar refractivity (Wildman–Crippen MR) is 109 cm³/mol. The molecular formula is C16H16Cl3N3O2S. The molecule has 0 bridgehead atoms. The van der Waals surface area contributed by atoms with Crippen LogP contribution in [0.15, 0.2) is 36.4 Å². The van der Waals surface area contributed by atoms with Crippen LogP contribution in [-0.2, 0) is 0 Å². The van der Waals surface area contributed by atoms with Gasteiger partial charge in [-0.2, -0.15) is 0 Å². The number of hydrogen-bond donors (Lipinski definition) is 3. The van der Waals surface area contributed by atoms with Crippen LogP contribution < -0.4 is 21.1 Å². The molecule has 0 spiro atoms. The fourth-order valence-corrected chi connectivity index (χ4v) is 2.68. The Hall–Kier alpha value is -1.73. The second-order valence-electron chi connectivity index (χ2n) is 4.73. The third-order valence-electron chi connectivity index (χ3n) is 2.94. The van der Waals surface area contributed by atoms with E-state index >= 15 is 0 Å². The maximum Gasteiger partial charge on any atom is 0.257 e. The Morgan fingerprint density at radius 3 is 2.28 bits per heavy atom. The molecule has 4 N–H and O–H groups in total. The highest BCUT2D eigenvalue weighted by Gasteiger charge is 2.15. The average Bonchev–Trinajstić information content (AvgIpc) is 2.52. The van der Waals surface area contributed by atoms with E-state index in [-0.39, 0.29) is 33.1 Å². The van der Waals surface area contributed by atoms with E-state index in [0.717, 1.165) is 0 Å². The van der Waals surface area contributed by atoms with Crippen LogP contribution >= 0.6 is 47.8 Å². The lowest BCUT2D eigenvalue weighted by Crippen LogP contribution is -2.34. The van der Waals surface area contributed by atoms with Crippen molar-refractivity contribution in [1.29, 1.82) is 0 Å². The van der Waals surface area contributed by atoms with Crippen LogP contribution in [0.3, 0.4) is 0 Å². The molecule has 1 amide bonds. The van der Waals surface area contributed by atoms with Gasteiger partial charge in [-0.25, -0.2) is 0 Å². The number of thiocarbonyl (C=S) groups is 1. The number of benzene rings is 2. The molecule has 2 rings (SSSR count). The van der Waals surface area contributed by atoms with Gasteiger partial charge in [-0.15, -0.1) is 12.4 Å². The van der Waals surface area contributed by atoms with Crippen molar-refractivity contribution >= 4 is 70.2 Å². The lowest BCUT2D eigenvalue weighted by Gasteiger charge is -2.12. The largest absolute Gasteiger partial charge is 0.491 e. The molecule has 5 nitrogen and oxygen atoms in total. The molecule has 0 saturated heterocycles. The molecule has 134 valence electrons. The first kappa shape index (κ1) is 21.3. The Labute approximate surface area is 167 Å². The first-order chi connectivity index (χ1) is 11.4. The standard InChI is InChI=1S/C16H15Cl2N3O2S.ClH/c1-2-23-14-12(17)7-9(8-13(14)18)15(22)21-16(24)20-11-5-3-10(19)4-6-11;/h3-8H,2,19H2,1H3,(H2,20,21,22,24);1H. The summed E-state index contributed by atoms with van der Waals surface area (Å²) in [5, 5.41) is 6.10. The van der Waals surface area contributed by atoms with Gasteiger partial charge < -0.3 is 15.8 Å². The average molecular weight is 421 g/mol. The smallest absolute Gasteiger partial charge is 0.257 e. The second kappa shape index (κ2) is 9.68. The van der Waals surface area contributed by atoms with Crippen molar-refractivity contribution in [3.8, 4) is 5.75 Å². The van der Waals surface area contributed by atoms with E-state index in [0.29, 0.717) is 23.7 Å². The number of anilines is 2. The topological polar surface area (TPSA) is 76.4 Å². The third-order valence-corrected chi connectivity index (χ3v) is 3.71.